The quantitative estimate of drug-likeness (QED) is 0.651. The first-order chi connectivity index (χ1) is 10.8. The van der Waals surface area contributed by atoms with Crippen molar-refractivity contribution in [2.24, 2.45) is 0 Å². The van der Waals surface area contributed by atoms with Gasteiger partial charge in [-0.25, -0.2) is 0 Å². The Balaban J connectivity index is 2.19. The Kier molecular flexibility index (Phi) is 5.26. The van der Waals surface area contributed by atoms with E-state index in [1.54, 1.807) is 31.2 Å². The highest BCUT2D eigenvalue weighted by atomic mass is 31.1. The molecule has 120 valence electrons. The summed E-state index contributed by atoms with van der Waals surface area (Å²) >= 11 is 0. The molecule has 0 saturated carbocycles. The molecule has 2 rings (SSSR count). The molecule has 0 saturated heterocycles. The van der Waals surface area contributed by atoms with Gasteiger partial charge in [0.15, 0.2) is 6.66 Å². The molecule has 0 spiro atoms. The van der Waals surface area contributed by atoms with Crippen molar-refractivity contribution in [3.05, 3.63) is 70.8 Å². The number of amides is 1. The van der Waals surface area contributed by atoms with Crippen molar-refractivity contribution in [2.75, 3.05) is 6.66 Å². The lowest BCUT2D eigenvalue weighted by molar-refractivity contribution is 0.0775. The van der Waals surface area contributed by atoms with Gasteiger partial charge in [-0.05, 0) is 46.3 Å². The highest BCUT2D eigenvalue weighted by molar-refractivity contribution is 7.38. The van der Waals surface area contributed by atoms with Crippen LogP contribution in [0.3, 0.4) is 0 Å². The average Bonchev–Trinajstić information content (AvgIpc) is 2.53. The van der Waals surface area contributed by atoms with Crippen LogP contribution in [-0.4, -0.2) is 17.7 Å². The van der Waals surface area contributed by atoms with Gasteiger partial charge in [-0.15, -0.1) is 0 Å². The van der Waals surface area contributed by atoms with E-state index < -0.39 is 19.5 Å². The van der Waals surface area contributed by atoms with Crippen molar-refractivity contribution in [3.63, 3.8) is 0 Å². The van der Waals surface area contributed by atoms with Gasteiger partial charge in [0, 0.05) is 5.56 Å². The second-order valence-corrected chi connectivity index (χ2v) is 6.54. The number of aliphatic hydroxyl groups is 1. The number of carbonyl (C=O) groups excluding carboxylic acids is 1. The van der Waals surface area contributed by atoms with Gasteiger partial charge in [-0.1, -0.05) is 42.0 Å². The summed E-state index contributed by atoms with van der Waals surface area (Å²) in [5.74, 6) is -0.489. The van der Waals surface area contributed by atoms with Gasteiger partial charge in [0.25, 0.3) is 5.91 Å². The van der Waals surface area contributed by atoms with E-state index in [1.165, 1.54) is 6.66 Å². The van der Waals surface area contributed by atoms with Crippen LogP contribution in [0, 0.1) is 6.92 Å². The average molecular weight is 332 g/mol. The van der Waals surface area contributed by atoms with Crippen LogP contribution in [-0.2, 0) is 14.8 Å². The lowest BCUT2D eigenvalue weighted by atomic mass is 9.87. The number of hydrogen-bond donors (Lipinski definition) is 2. The van der Waals surface area contributed by atoms with Crippen molar-refractivity contribution < 1.29 is 19.1 Å². The first-order valence-electron chi connectivity index (χ1n) is 7.09. The summed E-state index contributed by atoms with van der Waals surface area (Å²) in [5, 5.41) is 10.8. The predicted molar refractivity (Wildman–Crippen MR) is 88.4 cm³/mol. The standard InChI is InChI=1S/C17H18NO4P/c1-12-4-8-14(9-5-12)17(2,20)15-10-6-13(7-11-15)16(19)18-22-23(3)21/h4-11,20H,1-3H3/p+1. The molecule has 0 aliphatic heterocycles. The van der Waals surface area contributed by atoms with Gasteiger partial charge in [0.2, 0.25) is 0 Å². The molecule has 0 aliphatic rings. The van der Waals surface area contributed by atoms with Gasteiger partial charge in [-0.2, -0.15) is 5.48 Å². The fraction of sp³-hybridized carbons (Fsp3) is 0.235. The third-order valence-corrected chi connectivity index (χ3v) is 3.94. The minimum atomic E-state index is -1.90. The van der Waals surface area contributed by atoms with Crippen LogP contribution in [0.4, 0.5) is 0 Å². The third kappa shape index (κ3) is 4.23. The molecule has 2 unspecified atom stereocenters. The second kappa shape index (κ2) is 7.01. The SMILES string of the molecule is Cc1ccc(C(C)(O)c2ccc(C(=O)NO[P+](C)=O)cc2)cc1. The smallest absolute Gasteiger partial charge is 0.381 e. The van der Waals surface area contributed by atoms with Gasteiger partial charge in [-0.3, -0.25) is 4.79 Å². The molecule has 0 fully saturated rings. The van der Waals surface area contributed by atoms with E-state index in [0.717, 1.165) is 11.1 Å². The number of rotatable bonds is 5. The first kappa shape index (κ1) is 17.3. The maximum absolute atomic E-state index is 11.8. The molecule has 2 aromatic rings. The monoisotopic (exact) mass is 332 g/mol. The molecule has 2 N–H and O–H groups in total. The number of hydrogen-bond acceptors (Lipinski definition) is 4. The highest BCUT2D eigenvalue weighted by Gasteiger charge is 2.25. The van der Waals surface area contributed by atoms with Gasteiger partial charge >= 0.3 is 8.03 Å². The number of carbonyl (C=O) groups is 1. The molecule has 6 heteroatoms. The predicted octanol–water partition coefficient (Wildman–Crippen LogP) is 3.28. The number of nitrogens with one attached hydrogen (secondary N) is 1. The van der Waals surface area contributed by atoms with Gasteiger partial charge in [0.1, 0.15) is 5.60 Å². The largest absolute Gasteiger partial charge is 0.528 e. The van der Waals surface area contributed by atoms with Gasteiger partial charge in [0.05, 0.1) is 0 Å². The maximum atomic E-state index is 11.8. The van der Waals surface area contributed by atoms with E-state index in [0.29, 0.717) is 11.1 Å². The van der Waals surface area contributed by atoms with Crippen LogP contribution in [0.15, 0.2) is 48.5 Å². The Morgan fingerprint density at radius 2 is 1.57 bits per heavy atom. The zero-order valence-electron chi connectivity index (χ0n) is 13.2. The van der Waals surface area contributed by atoms with E-state index in [1.807, 2.05) is 31.2 Å². The third-order valence-electron chi connectivity index (χ3n) is 3.59. The topological polar surface area (TPSA) is 75.6 Å². The molecule has 0 bridgehead atoms. The molecule has 1 amide bonds. The molecule has 5 nitrogen and oxygen atoms in total. The summed E-state index contributed by atoms with van der Waals surface area (Å²) in [6.07, 6.45) is 0. The minimum absolute atomic E-state index is 0.352. The Hall–Kier alpha value is -2.07. The van der Waals surface area contributed by atoms with Crippen molar-refractivity contribution in [1.82, 2.24) is 5.48 Å². The van der Waals surface area contributed by atoms with Crippen LogP contribution in [0.2, 0.25) is 0 Å². The summed E-state index contributed by atoms with van der Waals surface area (Å²) in [7, 11) is -1.90. The van der Waals surface area contributed by atoms with Crippen molar-refractivity contribution in [1.29, 1.82) is 0 Å². The zero-order valence-corrected chi connectivity index (χ0v) is 14.1. The zero-order chi connectivity index (χ0) is 17.0. The molecule has 2 aromatic carbocycles. The van der Waals surface area contributed by atoms with E-state index in [-0.39, 0.29) is 0 Å². The van der Waals surface area contributed by atoms with Crippen molar-refractivity contribution in [2.45, 2.75) is 19.4 Å². The number of aryl methyl sites for hydroxylation is 1. The first-order valence-corrected chi connectivity index (χ1v) is 8.71. The number of hydroxylamine groups is 1. The van der Waals surface area contributed by atoms with Crippen molar-refractivity contribution in [3.8, 4) is 0 Å². The lowest BCUT2D eigenvalue weighted by Gasteiger charge is -2.24. The van der Waals surface area contributed by atoms with Crippen LogP contribution in [0.1, 0.15) is 34.0 Å². The fourth-order valence-corrected chi connectivity index (χ4v) is 2.37. The summed E-state index contributed by atoms with van der Waals surface area (Å²) in [6, 6.07) is 14.2. The fourth-order valence-electron chi connectivity index (χ4n) is 2.16. The van der Waals surface area contributed by atoms with E-state index >= 15 is 0 Å². The normalized spacial score (nSPS) is 14.0. The van der Waals surface area contributed by atoms with Crippen LogP contribution < -0.4 is 5.48 Å². The Labute approximate surface area is 136 Å². The summed E-state index contributed by atoms with van der Waals surface area (Å²) < 4.78 is 15.4. The Morgan fingerprint density at radius 1 is 1.09 bits per heavy atom. The number of benzene rings is 2. The van der Waals surface area contributed by atoms with E-state index in [4.69, 9.17) is 0 Å². The summed E-state index contributed by atoms with van der Waals surface area (Å²) in [4.78, 5) is 11.8. The maximum Gasteiger partial charge on any atom is 0.528 e. The van der Waals surface area contributed by atoms with Crippen molar-refractivity contribution >= 4 is 13.9 Å². The second-order valence-electron chi connectivity index (χ2n) is 5.48. The van der Waals surface area contributed by atoms with Crippen LogP contribution in [0.25, 0.3) is 0 Å². The molecular weight excluding hydrogens is 313 g/mol. The molecule has 0 aromatic heterocycles. The highest BCUT2D eigenvalue weighted by Crippen LogP contribution is 2.29. The molecule has 0 heterocycles. The molecule has 2 atom stereocenters. The van der Waals surface area contributed by atoms with Crippen LogP contribution >= 0.6 is 8.03 Å². The molecular formula is C17H19NO4P+. The van der Waals surface area contributed by atoms with E-state index in [2.05, 4.69) is 10.1 Å². The molecule has 0 radical (unpaired) electrons. The summed E-state index contributed by atoms with van der Waals surface area (Å²) in [5.41, 5.74) is 3.85. The Bertz CT molecular complexity index is 708. The lowest BCUT2D eigenvalue weighted by Crippen LogP contribution is -2.24. The summed E-state index contributed by atoms with van der Waals surface area (Å²) in [6.45, 7) is 5.03. The van der Waals surface area contributed by atoms with E-state index in [9.17, 15) is 14.5 Å². The molecule has 23 heavy (non-hydrogen) atoms. The Morgan fingerprint density at radius 3 is 2.04 bits per heavy atom. The molecule has 0 aliphatic carbocycles. The van der Waals surface area contributed by atoms with Crippen LogP contribution in [0.5, 0.6) is 0 Å². The van der Waals surface area contributed by atoms with Gasteiger partial charge < -0.3 is 5.11 Å². The minimum Gasteiger partial charge on any atom is -0.381 e.